The zero-order valence-corrected chi connectivity index (χ0v) is 15.5. The third-order valence-corrected chi connectivity index (χ3v) is 5.46. The molecule has 26 heavy (non-hydrogen) atoms. The van der Waals surface area contributed by atoms with Crippen LogP contribution in [0.5, 0.6) is 5.75 Å². The normalized spacial score (nSPS) is 15.7. The molecule has 3 rings (SSSR count). The number of benzene rings is 2. The Hall–Kier alpha value is -2.51. The molecule has 2 aromatic carbocycles. The van der Waals surface area contributed by atoms with Gasteiger partial charge >= 0.3 is 0 Å². The van der Waals surface area contributed by atoms with Crippen molar-refractivity contribution in [2.24, 2.45) is 0 Å². The summed E-state index contributed by atoms with van der Waals surface area (Å²) in [5.41, 5.74) is 1.08. The number of methoxy groups -OCH3 is 1. The van der Waals surface area contributed by atoms with E-state index in [-0.39, 0.29) is 5.91 Å². The van der Waals surface area contributed by atoms with E-state index in [0.29, 0.717) is 22.0 Å². The summed E-state index contributed by atoms with van der Waals surface area (Å²) < 4.78 is 5.16. The van der Waals surface area contributed by atoms with Crippen LogP contribution >= 0.6 is 11.6 Å². The standard InChI is InChI=1S/C21H21ClN2O2/c1-26-16-9-10-19(15(13-16)14-23)24-20(25)21(11-5-2-6-12-21)17-7-3-4-8-18(17)22/h3-4,7-10,13H,2,5-6,11-12H2,1H3,(H,24,25). The van der Waals surface area contributed by atoms with E-state index in [0.717, 1.165) is 37.7 Å². The van der Waals surface area contributed by atoms with Crippen molar-refractivity contribution in [1.82, 2.24) is 0 Å². The molecule has 0 saturated heterocycles. The predicted octanol–water partition coefficient (Wildman–Crippen LogP) is 5.06. The number of amides is 1. The molecule has 4 nitrogen and oxygen atoms in total. The highest BCUT2D eigenvalue weighted by atomic mass is 35.5. The molecule has 2 aromatic rings. The van der Waals surface area contributed by atoms with E-state index in [1.807, 2.05) is 24.3 Å². The first-order chi connectivity index (χ1) is 12.6. The molecule has 5 heteroatoms. The van der Waals surface area contributed by atoms with Gasteiger partial charge < -0.3 is 10.1 Å². The highest BCUT2D eigenvalue weighted by Gasteiger charge is 2.42. The van der Waals surface area contributed by atoms with Crippen LogP contribution in [0, 0.1) is 11.3 Å². The van der Waals surface area contributed by atoms with Crippen molar-refractivity contribution in [1.29, 1.82) is 5.26 Å². The molecule has 0 aromatic heterocycles. The molecule has 0 atom stereocenters. The van der Waals surface area contributed by atoms with Gasteiger partial charge in [-0.3, -0.25) is 4.79 Å². The molecular formula is C21H21ClN2O2. The number of carbonyl (C=O) groups excluding carboxylic acids is 1. The van der Waals surface area contributed by atoms with Crippen LogP contribution in [0.3, 0.4) is 0 Å². The van der Waals surface area contributed by atoms with Crippen LogP contribution < -0.4 is 10.1 Å². The summed E-state index contributed by atoms with van der Waals surface area (Å²) in [6, 6.07) is 14.7. The maximum atomic E-state index is 13.4. The molecule has 0 unspecified atom stereocenters. The van der Waals surface area contributed by atoms with Crippen LogP contribution in [0.2, 0.25) is 5.02 Å². The smallest absolute Gasteiger partial charge is 0.235 e. The Labute approximate surface area is 158 Å². The van der Waals surface area contributed by atoms with Gasteiger partial charge in [-0.2, -0.15) is 5.26 Å². The Kier molecular flexibility index (Phi) is 5.49. The van der Waals surface area contributed by atoms with Gasteiger partial charge in [0.2, 0.25) is 5.91 Å². The number of anilines is 1. The molecule has 1 aliphatic rings. The number of rotatable bonds is 4. The predicted molar refractivity (Wildman–Crippen MR) is 103 cm³/mol. The summed E-state index contributed by atoms with van der Waals surface area (Å²) in [7, 11) is 1.54. The second kappa shape index (κ2) is 7.80. The average Bonchev–Trinajstić information content (AvgIpc) is 2.69. The first-order valence-electron chi connectivity index (χ1n) is 8.75. The van der Waals surface area contributed by atoms with E-state index in [1.54, 1.807) is 25.3 Å². The summed E-state index contributed by atoms with van der Waals surface area (Å²) >= 11 is 6.44. The maximum Gasteiger partial charge on any atom is 0.235 e. The lowest BCUT2D eigenvalue weighted by Crippen LogP contribution is -2.42. The van der Waals surface area contributed by atoms with Gasteiger partial charge in [0.05, 0.1) is 23.8 Å². The second-order valence-electron chi connectivity index (χ2n) is 6.60. The first kappa shape index (κ1) is 18.3. The number of halogens is 1. The van der Waals surface area contributed by atoms with E-state index < -0.39 is 5.41 Å². The third kappa shape index (κ3) is 3.40. The molecule has 0 bridgehead atoms. The van der Waals surface area contributed by atoms with E-state index in [1.165, 1.54) is 0 Å². The summed E-state index contributed by atoms with van der Waals surface area (Å²) in [4.78, 5) is 13.4. The van der Waals surface area contributed by atoms with Crippen molar-refractivity contribution in [3.05, 3.63) is 58.6 Å². The van der Waals surface area contributed by atoms with Gasteiger partial charge in [-0.15, -0.1) is 0 Å². The Morgan fingerprint density at radius 3 is 2.58 bits per heavy atom. The molecule has 0 aliphatic heterocycles. The Morgan fingerprint density at radius 2 is 1.92 bits per heavy atom. The number of nitrogens with one attached hydrogen (secondary N) is 1. The minimum Gasteiger partial charge on any atom is -0.497 e. The van der Waals surface area contributed by atoms with Crippen molar-refractivity contribution in [3.63, 3.8) is 0 Å². The van der Waals surface area contributed by atoms with Crippen LogP contribution in [0.1, 0.15) is 43.2 Å². The quantitative estimate of drug-likeness (QED) is 0.820. The highest BCUT2D eigenvalue weighted by molar-refractivity contribution is 6.31. The van der Waals surface area contributed by atoms with Gasteiger partial charge in [0, 0.05) is 5.02 Å². The van der Waals surface area contributed by atoms with Crippen LogP contribution in [0.15, 0.2) is 42.5 Å². The van der Waals surface area contributed by atoms with Crippen LogP contribution in [-0.4, -0.2) is 13.0 Å². The third-order valence-electron chi connectivity index (χ3n) is 5.13. The molecule has 0 radical (unpaired) electrons. The molecule has 1 fully saturated rings. The monoisotopic (exact) mass is 368 g/mol. The minimum absolute atomic E-state index is 0.105. The van der Waals surface area contributed by atoms with Crippen molar-refractivity contribution >= 4 is 23.2 Å². The van der Waals surface area contributed by atoms with Crippen molar-refractivity contribution < 1.29 is 9.53 Å². The van der Waals surface area contributed by atoms with Crippen LogP contribution in [-0.2, 0) is 10.2 Å². The fourth-order valence-corrected chi connectivity index (χ4v) is 4.03. The molecule has 134 valence electrons. The zero-order valence-electron chi connectivity index (χ0n) is 14.7. The maximum absolute atomic E-state index is 13.4. The summed E-state index contributed by atoms with van der Waals surface area (Å²) in [6.45, 7) is 0. The van der Waals surface area contributed by atoms with Gasteiger partial charge in [0.25, 0.3) is 0 Å². The lowest BCUT2D eigenvalue weighted by Gasteiger charge is -2.37. The number of carbonyl (C=O) groups is 1. The number of ether oxygens (including phenoxy) is 1. The lowest BCUT2D eigenvalue weighted by molar-refractivity contribution is -0.122. The largest absolute Gasteiger partial charge is 0.497 e. The summed E-state index contributed by atoms with van der Waals surface area (Å²) in [5, 5.41) is 13.0. The highest BCUT2D eigenvalue weighted by Crippen LogP contribution is 2.43. The summed E-state index contributed by atoms with van der Waals surface area (Å²) in [6.07, 6.45) is 4.57. The second-order valence-corrected chi connectivity index (χ2v) is 7.01. The lowest BCUT2D eigenvalue weighted by atomic mass is 9.68. The average molecular weight is 369 g/mol. The summed E-state index contributed by atoms with van der Waals surface area (Å²) in [5.74, 6) is 0.477. The zero-order chi connectivity index (χ0) is 18.6. The fourth-order valence-electron chi connectivity index (χ4n) is 3.72. The fraction of sp³-hybridized carbons (Fsp3) is 0.333. The van der Waals surface area contributed by atoms with Gasteiger partial charge in [-0.05, 0) is 42.7 Å². The van der Waals surface area contributed by atoms with Crippen molar-refractivity contribution in [2.75, 3.05) is 12.4 Å². The molecule has 0 spiro atoms. The van der Waals surface area contributed by atoms with Crippen molar-refractivity contribution in [3.8, 4) is 11.8 Å². The Bertz CT molecular complexity index is 851. The van der Waals surface area contributed by atoms with E-state index >= 15 is 0 Å². The SMILES string of the molecule is COc1ccc(NC(=O)C2(c3ccccc3Cl)CCCCC2)c(C#N)c1. The Balaban J connectivity index is 1.98. The number of hydrogen-bond donors (Lipinski definition) is 1. The van der Waals surface area contributed by atoms with E-state index in [2.05, 4.69) is 11.4 Å². The number of nitriles is 1. The molecule has 1 amide bonds. The van der Waals surface area contributed by atoms with Gasteiger partial charge in [0.15, 0.2) is 0 Å². The first-order valence-corrected chi connectivity index (χ1v) is 9.13. The molecule has 1 N–H and O–H groups in total. The minimum atomic E-state index is -0.663. The number of hydrogen-bond acceptors (Lipinski definition) is 3. The molecule has 0 heterocycles. The van der Waals surface area contributed by atoms with Crippen molar-refractivity contribution in [2.45, 2.75) is 37.5 Å². The molecule has 1 aliphatic carbocycles. The van der Waals surface area contributed by atoms with E-state index in [4.69, 9.17) is 16.3 Å². The van der Waals surface area contributed by atoms with Gasteiger partial charge in [-0.1, -0.05) is 49.1 Å². The van der Waals surface area contributed by atoms with Crippen LogP contribution in [0.25, 0.3) is 0 Å². The molecular weight excluding hydrogens is 348 g/mol. The number of nitrogens with zero attached hydrogens (tertiary/aromatic N) is 1. The topological polar surface area (TPSA) is 62.1 Å². The Morgan fingerprint density at radius 1 is 1.19 bits per heavy atom. The molecule has 1 saturated carbocycles. The van der Waals surface area contributed by atoms with Crippen LogP contribution in [0.4, 0.5) is 5.69 Å². The van der Waals surface area contributed by atoms with Gasteiger partial charge in [-0.25, -0.2) is 0 Å². The van der Waals surface area contributed by atoms with E-state index in [9.17, 15) is 10.1 Å². The van der Waals surface area contributed by atoms with Gasteiger partial charge in [0.1, 0.15) is 11.8 Å².